The first-order chi connectivity index (χ1) is 12.3. The topological polar surface area (TPSA) is 82.4 Å². The molecule has 0 spiro atoms. The number of hydrogen-bond donors (Lipinski definition) is 1. The van der Waals surface area contributed by atoms with Crippen LogP contribution in [0.5, 0.6) is 0 Å². The lowest BCUT2D eigenvalue weighted by atomic mass is 9.80. The molecule has 1 heterocycles. The van der Waals surface area contributed by atoms with Gasteiger partial charge in [-0.3, -0.25) is 9.69 Å². The lowest BCUT2D eigenvalue weighted by Crippen LogP contribution is -2.51. The minimum absolute atomic E-state index is 0.0140. The Balaban J connectivity index is 2.04. The Morgan fingerprint density at radius 1 is 1.19 bits per heavy atom. The Labute approximate surface area is 156 Å². The molecule has 2 unspecified atom stereocenters. The summed E-state index contributed by atoms with van der Waals surface area (Å²) in [7, 11) is 0. The summed E-state index contributed by atoms with van der Waals surface area (Å²) < 4.78 is 5.19. The molecule has 2 rings (SSSR count). The van der Waals surface area contributed by atoms with Gasteiger partial charge >= 0.3 is 6.09 Å². The minimum atomic E-state index is -0.601. The molecule has 0 radical (unpaired) electrons. The zero-order chi connectivity index (χ0) is 19.3. The molecule has 1 amide bonds. The van der Waals surface area contributed by atoms with Crippen molar-refractivity contribution in [1.82, 2.24) is 10.2 Å². The number of nitrogens with one attached hydrogen (secondary N) is 1. The SMILES string of the molecule is C#C[C@H]1CC[C@@H](C#N)N1C1CCCCC1C(=O)CNC(=O)OC(C)(C)C. The van der Waals surface area contributed by atoms with E-state index in [1.807, 2.05) is 0 Å². The van der Waals surface area contributed by atoms with Crippen molar-refractivity contribution in [1.29, 1.82) is 5.26 Å². The van der Waals surface area contributed by atoms with E-state index in [9.17, 15) is 14.9 Å². The molecule has 2 fully saturated rings. The lowest BCUT2D eigenvalue weighted by Gasteiger charge is -2.40. The number of nitrogens with zero attached hydrogens (tertiary/aromatic N) is 2. The average Bonchev–Trinajstić information content (AvgIpc) is 3.01. The number of likely N-dealkylation sites (tertiary alicyclic amines) is 1. The van der Waals surface area contributed by atoms with Crippen LogP contribution in [0.2, 0.25) is 0 Å². The standard InChI is InChI=1S/C20H29N3O3/c1-5-14-10-11-15(12-21)23(14)17-9-7-6-8-16(17)18(24)13-22-19(25)26-20(2,3)4/h1,14-17H,6-11,13H2,2-4H3,(H,22,25)/t14-,15-,16?,17?/m0/s1. The summed E-state index contributed by atoms with van der Waals surface area (Å²) in [6.07, 6.45) is 10.3. The van der Waals surface area contributed by atoms with Crippen LogP contribution in [0.15, 0.2) is 0 Å². The Bertz CT molecular complexity index is 589. The molecule has 26 heavy (non-hydrogen) atoms. The molecule has 0 aromatic rings. The fraction of sp³-hybridized carbons (Fsp3) is 0.750. The number of ketones is 1. The maximum absolute atomic E-state index is 12.8. The molecule has 0 aromatic heterocycles. The number of amides is 1. The third-order valence-electron chi connectivity index (χ3n) is 5.11. The molecule has 0 aromatic carbocycles. The fourth-order valence-corrected chi connectivity index (χ4v) is 4.04. The number of alkyl carbamates (subject to hydrolysis) is 1. The van der Waals surface area contributed by atoms with Crippen molar-refractivity contribution < 1.29 is 14.3 Å². The van der Waals surface area contributed by atoms with Crippen molar-refractivity contribution >= 4 is 11.9 Å². The lowest BCUT2D eigenvalue weighted by molar-refractivity contribution is -0.125. The van der Waals surface area contributed by atoms with Gasteiger partial charge < -0.3 is 10.1 Å². The van der Waals surface area contributed by atoms with Gasteiger partial charge in [0.25, 0.3) is 0 Å². The van der Waals surface area contributed by atoms with Crippen molar-refractivity contribution in [3.8, 4) is 18.4 Å². The second-order valence-electron chi connectivity index (χ2n) is 8.13. The second kappa shape index (κ2) is 8.56. The van der Waals surface area contributed by atoms with Gasteiger partial charge in [-0.25, -0.2) is 4.79 Å². The molecule has 1 saturated heterocycles. The maximum atomic E-state index is 12.8. The van der Waals surface area contributed by atoms with Gasteiger partial charge in [0.1, 0.15) is 5.60 Å². The highest BCUT2D eigenvalue weighted by atomic mass is 16.6. The van der Waals surface area contributed by atoms with Gasteiger partial charge in [0.15, 0.2) is 5.78 Å². The average molecular weight is 359 g/mol. The van der Waals surface area contributed by atoms with Crippen molar-refractivity contribution in [3.63, 3.8) is 0 Å². The fourth-order valence-electron chi connectivity index (χ4n) is 4.04. The summed E-state index contributed by atoms with van der Waals surface area (Å²) in [6, 6.07) is 2.00. The first-order valence-electron chi connectivity index (χ1n) is 9.39. The highest BCUT2D eigenvalue weighted by Gasteiger charge is 2.43. The van der Waals surface area contributed by atoms with Crippen LogP contribution in [0.1, 0.15) is 59.3 Å². The summed E-state index contributed by atoms with van der Waals surface area (Å²) >= 11 is 0. The van der Waals surface area contributed by atoms with E-state index in [4.69, 9.17) is 11.2 Å². The summed E-state index contributed by atoms with van der Waals surface area (Å²) in [6.45, 7) is 5.28. The largest absolute Gasteiger partial charge is 0.444 e. The van der Waals surface area contributed by atoms with E-state index < -0.39 is 11.7 Å². The second-order valence-corrected chi connectivity index (χ2v) is 8.13. The monoisotopic (exact) mass is 359 g/mol. The van der Waals surface area contributed by atoms with Crippen molar-refractivity contribution in [2.75, 3.05) is 6.54 Å². The molecule has 6 nitrogen and oxygen atoms in total. The molecule has 142 valence electrons. The van der Waals surface area contributed by atoms with E-state index >= 15 is 0 Å². The Morgan fingerprint density at radius 3 is 2.46 bits per heavy atom. The number of carbonyl (C=O) groups excluding carboxylic acids is 2. The van der Waals surface area contributed by atoms with Crippen molar-refractivity contribution in [2.45, 2.75) is 83.0 Å². The highest BCUT2D eigenvalue weighted by Crippen LogP contribution is 2.36. The predicted octanol–water partition coefficient (Wildman–Crippen LogP) is 2.63. The number of hydrogen-bond acceptors (Lipinski definition) is 5. The normalized spacial score (nSPS) is 29.4. The number of carbonyl (C=O) groups is 2. The number of Topliss-reactive ketones (excluding diaryl/α,β-unsaturated/α-hetero) is 1. The predicted molar refractivity (Wildman–Crippen MR) is 98.1 cm³/mol. The van der Waals surface area contributed by atoms with Gasteiger partial charge in [-0.15, -0.1) is 6.42 Å². The molecule has 6 heteroatoms. The zero-order valence-corrected chi connectivity index (χ0v) is 16.0. The van der Waals surface area contributed by atoms with Gasteiger partial charge in [-0.05, 0) is 46.5 Å². The number of ether oxygens (including phenoxy) is 1. The summed E-state index contributed by atoms with van der Waals surface area (Å²) in [5.74, 6) is 2.57. The molecular weight excluding hydrogens is 330 g/mol. The number of rotatable bonds is 4. The van der Waals surface area contributed by atoms with Gasteiger partial charge in [0.05, 0.1) is 24.7 Å². The maximum Gasteiger partial charge on any atom is 0.408 e. The van der Waals surface area contributed by atoms with Crippen LogP contribution in [-0.4, -0.2) is 47.0 Å². The Kier molecular flexibility index (Phi) is 6.67. The first-order valence-corrected chi connectivity index (χ1v) is 9.39. The van der Waals surface area contributed by atoms with Gasteiger partial charge in [-0.1, -0.05) is 18.8 Å². The van der Waals surface area contributed by atoms with Crippen LogP contribution in [0.25, 0.3) is 0 Å². The Hall–Kier alpha value is -2.05. The van der Waals surface area contributed by atoms with Crippen LogP contribution >= 0.6 is 0 Å². The van der Waals surface area contributed by atoms with Crippen LogP contribution in [-0.2, 0) is 9.53 Å². The van der Waals surface area contributed by atoms with E-state index in [0.29, 0.717) is 0 Å². The molecule has 2 aliphatic rings. The van der Waals surface area contributed by atoms with Crippen LogP contribution in [0.4, 0.5) is 4.79 Å². The van der Waals surface area contributed by atoms with E-state index in [1.54, 1.807) is 20.8 Å². The highest BCUT2D eigenvalue weighted by molar-refractivity contribution is 5.86. The molecule has 1 N–H and O–H groups in total. The quantitative estimate of drug-likeness (QED) is 0.780. The zero-order valence-electron chi connectivity index (χ0n) is 16.0. The molecule has 1 aliphatic heterocycles. The van der Waals surface area contributed by atoms with Crippen LogP contribution in [0.3, 0.4) is 0 Å². The summed E-state index contributed by atoms with van der Waals surface area (Å²) in [4.78, 5) is 26.7. The van der Waals surface area contributed by atoms with Crippen LogP contribution < -0.4 is 5.32 Å². The first kappa shape index (κ1) is 20.3. The Morgan fingerprint density at radius 2 is 1.85 bits per heavy atom. The molecule has 1 aliphatic carbocycles. The summed E-state index contributed by atoms with van der Waals surface area (Å²) in [5.41, 5.74) is -0.601. The van der Waals surface area contributed by atoms with Crippen molar-refractivity contribution in [3.05, 3.63) is 0 Å². The number of terminal acetylenes is 1. The summed E-state index contributed by atoms with van der Waals surface area (Å²) in [5, 5.41) is 12.0. The molecule has 4 atom stereocenters. The van der Waals surface area contributed by atoms with E-state index in [2.05, 4.69) is 22.2 Å². The molecule has 0 bridgehead atoms. The van der Waals surface area contributed by atoms with Gasteiger partial charge in [-0.2, -0.15) is 5.26 Å². The minimum Gasteiger partial charge on any atom is -0.444 e. The van der Waals surface area contributed by atoms with Crippen molar-refractivity contribution in [2.24, 2.45) is 5.92 Å². The number of nitriles is 1. The van der Waals surface area contributed by atoms with Crippen LogP contribution in [0, 0.1) is 29.6 Å². The molecule has 1 saturated carbocycles. The smallest absolute Gasteiger partial charge is 0.408 e. The van der Waals surface area contributed by atoms with E-state index in [0.717, 1.165) is 38.5 Å². The third-order valence-corrected chi connectivity index (χ3v) is 5.11. The van der Waals surface area contributed by atoms with E-state index in [1.165, 1.54) is 0 Å². The third kappa shape index (κ3) is 4.99. The van der Waals surface area contributed by atoms with E-state index in [-0.39, 0.29) is 36.4 Å². The van der Waals surface area contributed by atoms with Gasteiger partial charge in [0.2, 0.25) is 0 Å². The molecular formula is C20H29N3O3. The van der Waals surface area contributed by atoms with Gasteiger partial charge in [0, 0.05) is 12.0 Å².